The summed E-state index contributed by atoms with van der Waals surface area (Å²) >= 11 is 1.50. The van der Waals surface area contributed by atoms with Crippen molar-refractivity contribution in [3.63, 3.8) is 0 Å². The molecule has 52 heavy (non-hydrogen) atoms. The predicted octanol–water partition coefficient (Wildman–Crippen LogP) is 6.63. The summed E-state index contributed by atoms with van der Waals surface area (Å²) < 4.78 is 58.4. The lowest BCUT2D eigenvalue weighted by atomic mass is 10.2. The van der Waals surface area contributed by atoms with Crippen LogP contribution in [0.4, 0.5) is 22.8 Å². The van der Waals surface area contributed by atoms with Gasteiger partial charge in [-0.1, -0.05) is 12.1 Å². The minimum atomic E-state index is -5.12. The van der Waals surface area contributed by atoms with Crippen molar-refractivity contribution in [3.8, 4) is 5.75 Å². The topological polar surface area (TPSA) is 173 Å². The van der Waals surface area contributed by atoms with E-state index in [1.807, 2.05) is 0 Å². The Balaban J connectivity index is 1.53. The van der Waals surface area contributed by atoms with Crippen LogP contribution >= 0.6 is 11.8 Å². The molecular weight excluding hydrogens is 703 g/mol. The van der Waals surface area contributed by atoms with Gasteiger partial charge in [-0.25, -0.2) is 9.59 Å². The number of nitrogens with zero attached hydrogens (tertiary/aromatic N) is 3. The zero-order chi connectivity index (χ0) is 38.7. The van der Waals surface area contributed by atoms with Crippen molar-refractivity contribution in [3.05, 3.63) is 77.7 Å². The molecular formula is C35H44F3N7O6S. The molecule has 0 radical (unpaired) electrons. The lowest BCUT2D eigenvalue weighted by Gasteiger charge is -2.19. The summed E-state index contributed by atoms with van der Waals surface area (Å²) in [6.07, 6.45) is -2.53. The van der Waals surface area contributed by atoms with Crippen LogP contribution in [-0.2, 0) is 27.4 Å². The Labute approximate surface area is 304 Å². The van der Waals surface area contributed by atoms with Crippen LogP contribution in [0.2, 0.25) is 0 Å². The van der Waals surface area contributed by atoms with Crippen LogP contribution < -0.4 is 21.0 Å². The van der Waals surface area contributed by atoms with Gasteiger partial charge < -0.3 is 23.3 Å². The number of imidazole rings is 1. The number of aromatic nitrogens is 2. The molecule has 1 heterocycles. The van der Waals surface area contributed by atoms with Crippen LogP contribution in [-0.4, -0.2) is 68.6 Å². The maximum absolute atomic E-state index is 13.1. The Bertz CT molecular complexity index is 1680. The van der Waals surface area contributed by atoms with Gasteiger partial charge in [-0.05, 0) is 96.5 Å². The first-order valence-electron chi connectivity index (χ1n) is 16.3. The standard InChI is InChI=1S/C35H44F3N7O6S/c1-33(2,3)50-31(47)41-27(39)23-9-13-25(14-10-23)49-21-7-17-44-19-20-45(30(44)43-29(46)35(36,37)38)18-8-22-52-26-15-11-24(12-16-26)28(40)42-32(48)51-34(4,5)6/h9-16,19-20H,7-8,17-18,21-22H2,1-6H3,(H2,39,41,47)(H2,40,42,48). The summed E-state index contributed by atoms with van der Waals surface area (Å²) in [4.78, 5) is 40.0. The molecule has 1 aromatic heterocycles. The number of alkyl carbamates (subject to hydrolysis) is 2. The van der Waals surface area contributed by atoms with E-state index in [4.69, 9.17) is 25.0 Å². The minimum Gasteiger partial charge on any atom is -0.494 e. The third-order valence-corrected chi connectivity index (χ3v) is 7.64. The molecule has 0 saturated heterocycles. The van der Waals surface area contributed by atoms with Gasteiger partial charge in [-0.15, -0.1) is 11.8 Å². The summed E-state index contributed by atoms with van der Waals surface area (Å²) in [7, 11) is 0. The maximum Gasteiger partial charge on any atom is 0.473 e. The van der Waals surface area contributed by atoms with Crippen molar-refractivity contribution in [2.24, 2.45) is 4.99 Å². The molecule has 3 aromatic rings. The number of amidine groups is 2. The Kier molecular flexibility index (Phi) is 14.3. The number of halogens is 3. The first-order chi connectivity index (χ1) is 24.2. The Hall–Kier alpha value is -5.06. The Morgan fingerprint density at radius 1 is 0.750 bits per heavy atom. The molecule has 0 spiro atoms. The van der Waals surface area contributed by atoms with Gasteiger partial charge in [0.1, 0.15) is 28.6 Å². The molecule has 282 valence electrons. The van der Waals surface area contributed by atoms with Crippen LogP contribution in [0.1, 0.15) is 65.5 Å². The van der Waals surface area contributed by atoms with Crippen molar-refractivity contribution in [1.82, 2.24) is 19.8 Å². The number of benzene rings is 2. The van der Waals surface area contributed by atoms with Crippen LogP contribution in [0, 0.1) is 10.8 Å². The van der Waals surface area contributed by atoms with Gasteiger partial charge in [-0.2, -0.15) is 18.2 Å². The average molecular weight is 748 g/mol. The average Bonchev–Trinajstić information content (AvgIpc) is 3.40. The van der Waals surface area contributed by atoms with E-state index in [1.54, 1.807) is 102 Å². The molecule has 0 fully saturated rings. The fraction of sp³-hybridized carbons (Fsp3) is 0.429. The highest BCUT2D eigenvalue weighted by molar-refractivity contribution is 7.99. The van der Waals surface area contributed by atoms with E-state index in [-0.39, 0.29) is 30.4 Å². The summed E-state index contributed by atoms with van der Waals surface area (Å²) in [5.41, 5.74) is -0.618. The predicted molar refractivity (Wildman–Crippen MR) is 190 cm³/mol. The lowest BCUT2D eigenvalue weighted by molar-refractivity contribution is -0.169. The monoisotopic (exact) mass is 747 g/mol. The number of hydrogen-bond donors (Lipinski definition) is 4. The highest BCUT2D eigenvalue weighted by Crippen LogP contribution is 2.20. The van der Waals surface area contributed by atoms with Crippen LogP contribution in [0.25, 0.3) is 0 Å². The number of nitrogens with one attached hydrogen (secondary N) is 4. The van der Waals surface area contributed by atoms with Gasteiger partial charge >= 0.3 is 24.3 Å². The maximum atomic E-state index is 13.1. The molecule has 3 rings (SSSR count). The fourth-order valence-electron chi connectivity index (χ4n) is 4.33. The van der Waals surface area contributed by atoms with Gasteiger partial charge in [0.2, 0.25) is 5.62 Å². The van der Waals surface area contributed by atoms with Crippen molar-refractivity contribution >= 4 is 41.5 Å². The third kappa shape index (κ3) is 14.3. The van der Waals surface area contributed by atoms with E-state index >= 15 is 0 Å². The van der Waals surface area contributed by atoms with Crippen LogP contribution in [0.15, 0.2) is 70.8 Å². The SMILES string of the molecule is CC(C)(C)OC(=O)NC(=N)c1ccc(OCCCn2ccn(CCCSc3ccc(C(=N)NC(=O)OC(C)(C)C)cc3)c2=NC(=O)C(F)(F)F)cc1. The Morgan fingerprint density at radius 3 is 1.67 bits per heavy atom. The lowest BCUT2D eigenvalue weighted by Crippen LogP contribution is -2.36. The van der Waals surface area contributed by atoms with E-state index in [0.717, 1.165) is 4.90 Å². The molecule has 0 unspecified atom stereocenters. The van der Waals surface area contributed by atoms with Gasteiger partial charge in [0.25, 0.3) is 0 Å². The summed E-state index contributed by atoms with van der Waals surface area (Å²) in [5.74, 6) is -1.37. The Morgan fingerprint density at radius 2 is 1.21 bits per heavy atom. The second-order valence-corrected chi connectivity index (χ2v) is 14.5. The molecule has 4 N–H and O–H groups in total. The zero-order valence-corrected chi connectivity index (χ0v) is 30.7. The molecule has 3 amide bonds. The van der Waals surface area contributed by atoms with E-state index < -0.39 is 35.5 Å². The number of thioether (sulfide) groups is 1. The van der Waals surface area contributed by atoms with E-state index in [1.165, 1.54) is 20.9 Å². The van der Waals surface area contributed by atoms with E-state index in [9.17, 15) is 27.6 Å². The van der Waals surface area contributed by atoms with E-state index in [2.05, 4.69) is 15.6 Å². The number of aryl methyl sites for hydroxylation is 2. The fourth-order valence-corrected chi connectivity index (χ4v) is 5.17. The second kappa shape index (κ2) is 17.9. The van der Waals surface area contributed by atoms with Crippen molar-refractivity contribution < 1.29 is 41.8 Å². The molecule has 0 saturated carbocycles. The molecule has 0 aliphatic carbocycles. The smallest absolute Gasteiger partial charge is 0.473 e. The number of carbonyl (C=O) groups is 3. The first-order valence-corrected chi connectivity index (χ1v) is 17.2. The molecule has 13 nitrogen and oxygen atoms in total. The number of rotatable bonds is 12. The van der Waals surface area contributed by atoms with Gasteiger partial charge in [0.15, 0.2) is 0 Å². The highest BCUT2D eigenvalue weighted by Gasteiger charge is 2.38. The third-order valence-electron chi connectivity index (χ3n) is 6.55. The van der Waals surface area contributed by atoms with Gasteiger partial charge in [-0.3, -0.25) is 26.2 Å². The number of ether oxygens (including phenoxy) is 3. The highest BCUT2D eigenvalue weighted by atomic mass is 32.2. The summed E-state index contributed by atoms with van der Waals surface area (Å²) in [5, 5.41) is 20.9. The molecule has 17 heteroatoms. The quantitative estimate of drug-likeness (QED) is 0.0697. The number of alkyl halides is 3. The normalized spacial score (nSPS) is 12.2. The molecule has 0 aliphatic heterocycles. The number of amides is 3. The first kappa shape index (κ1) is 41.4. The number of hydrogen-bond acceptors (Lipinski definition) is 9. The van der Waals surface area contributed by atoms with Crippen molar-refractivity contribution in [2.75, 3.05) is 12.4 Å². The van der Waals surface area contributed by atoms with Crippen molar-refractivity contribution in [2.45, 2.75) is 89.7 Å². The molecule has 0 aliphatic rings. The van der Waals surface area contributed by atoms with Crippen molar-refractivity contribution in [1.29, 1.82) is 10.8 Å². The van der Waals surface area contributed by atoms with Gasteiger partial charge in [0, 0.05) is 41.5 Å². The van der Waals surface area contributed by atoms with E-state index in [0.29, 0.717) is 42.0 Å². The molecule has 0 bridgehead atoms. The van der Waals surface area contributed by atoms with Crippen LogP contribution in [0.5, 0.6) is 5.75 Å². The largest absolute Gasteiger partial charge is 0.494 e. The van der Waals surface area contributed by atoms with Gasteiger partial charge in [0.05, 0.1) is 6.61 Å². The summed E-state index contributed by atoms with van der Waals surface area (Å²) in [6, 6.07) is 13.4. The summed E-state index contributed by atoms with van der Waals surface area (Å²) in [6.45, 7) is 11.0. The zero-order valence-electron chi connectivity index (χ0n) is 29.8. The number of carbonyl (C=O) groups excluding carboxylic acids is 3. The molecule has 2 aromatic carbocycles. The molecule has 0 atom stereocenters. The van der Waals surface area contributed by atoms with Crippen LogP contribution in [0.3, 0.4) is 0 Å². The minimum absolute atomic E-state index is 0.106. The second-order valence-electron chi connectivity index (χ2n) is 13.4.